The van der Waals surface area contributed by atoms with Crippen LogP contribution in [0.25, 0.3) is 0 Å². The molecule has 2 aromatic carbocycles. The molecule has 4 N–H and O–H groups in total. The molecule has 0 radical (unpaired) electrons. The van der Waals surface area contributed by atoms with Gasteiger partial charge in [0.2, 0.25) is 21.8 Å². The number of hydrogen-bond acceptors (Lipinski definition) is 7. The van der Waals surface area contributed by atoms with E-state index >= 15 is 0 Å². The number of carbonyl (C=O) groups excluding carboxylic acids is 2. The van der Waals surface area contributed by atoms with Gasteiger partial charge in [-0.15, -0.1) is 0 Å². The Morgan fingerprint density at radius 1 is 1.14 bits per heavy atom. The Balaban J connectivity index is 1.52. The van der Waals surface area contributed by atoms with Gasteiger partial charge in [0.1, 0.15) is 11.9 Å². The van der Waals surface area contributed by atoms with E-state index in [1.807, 2.05) is 26.8 Å². The van der Waals surface area contributed by atoms with Crippen LogP contribution in [0, 0.1) is 11.7 Å². The van der Waals surface area contributed by atoms with E-state index in [1.54, 1.807) is 29.2 Å². The monoisotopic (exact) mass is 652 g/mol. The van der Waals surface area contributed by atoms with Gasteiger partial charge >= 0.3 is 0 Å². The molecule has 4 rings (SSSR count). The van der Waals surface area contributed by atoms with Gasteiger partial charge in [-0.3, -0.25) is 14.5 Å². The van der Waals surface area contributed by atoms with Gasteiger partial charge in [-0.25, -0.2) is 12.8 Å². The van der Waals surface area contributed by atoms with Crippen LogP contribution in [0.15, 0.2) is 42.5 Å². The first-order valence-corrected chi connectivity index (χ1v) is 16.9. The number of nitrogens with one attached hydrogen (secondary N) is 2. The molecule has 10 nitrogen and oxygen atoms in total. The highest BCUT2D eigenvalue weighted by molar-refractivity contribution is 7.88. The predicted octanol–water partition coefficient (Wildman–Crippen LogP) is 2.02. The summed E-state index contributed by atoms with van der Waals surface area (Å²) < 4.78 is 39.4. The van der Waals surface area contributed by atoms with Crippen LogP contribution in [0.2, 0.25) is 5.02 Å². The van der Waals surface area contributed by atoms with E-state index in [-0.39, 0.29) is 44.9 Å². The highest BCUT2D eigenvalue weighted by atomic mass is 35.5. The summed E-state index contributed by atoms with van der Waals surface area (Å²) in [7, 11) is -3.54. The molecule has 1 saturated heterocycles. The van der Waals surface area contributed by atoms with Crippen LogP contribution in [0.4, 0.5) is 4.39 Å². The molecule has 0 spiro atoms. The minimum atomic E-state index is -3.54. The molecule has 1 heterocycles. The fourth-order valence-corrected chi connectivity index (χ4v) is 6.92. The number of carbonyl (C=O) groups is 2. The first-order valence-electron chi connectivity index (χ1n) is 14.7. The van der Waals surface area contributed by atoms with Gasteiger partial charge in [0.15, 0.2) is 0 Å². The minimum absolute atomic E-state index is 0.00826. The number of aliphatic hydroxyl groups is 2. The van der Waals surface area contributed by atoms with Crippen molar-refractivity contribution in [2.24, 2.45) is 5.92 Å². The molecule has 0 saturated carbocycles. The van der Waals surface area contributed by atoms with Crippen molar-refractivity contribution < 1.29 is 32.6 Å². The molecule has 242 valence electrons. The van der Waals surface area contributed by atoms with Gasteiger partial charge in [-0.05, 0) is 74.6 Å². The summed E-state index contributed by atoms with van der Waals surface area (Å²) in [5, 5.41) is 28.4. The van der Waals surface area contributed by atoms with E-state index in [0.29, 0.717) is 17.0 Å². The van der Waals surface area contributed by atoms with Crippen LogP contribution >= 0.6 is 11.6 Å². The summed E-state index contributed by atoms with van der Waals surface area (Å²) in [4.78, 5) is 28.7. The highest BCUT2D eigenvalue weighted by Gasteiger charge is 2.39. The van der Waals surface area contributed by atoms with E-state index in [9.17, 15) is 32.6 Å². The Morgan fingerprint density at radius 3 is 2.45 bits per heavy atom. The standard InChI is InChI=1S/C31H42ClFN4O6S/c1-31(2,3)35-30(41)26-18-37(44(4,42)43)12-11-36(26)17-24(38)14-21(13-19-5-9-23(33)10-6-19)29(40)34-28-25-16-22(32)8-7-20(25)15-27(28)39/h5-10,16,21,24,26-28,38-39H,11-15,17-18H2,1-4H3,(H,34,40)(H,35,41)/t21-,24+,26+,27-,28+/m1/s1. The quantitative estimate of drug-likeness (QED) is 0.308. The molecule has 1 aliphatic carbocycles. The zero-order valence-corrected chi connectivity index (χ0v) is 27.0. The van der Waals surface area contributed by atoms with Crippen molar-refractivity contribution in [1.82, 2.24) is 19.8 Å². The predicted molar refractivity (Wildman–Crippen MR) is 166 cm³/mol. The number of benzene rings is 2. The first-order chi connectivity index (χ1) is 20.5. The number of piperazine rings is 1. The number of aliphatic hydroxyl groups excluding tert-OH is 2. The molecule has 0 bridgehead atoms. The average Bonchev–Trinajstić information content (AvgIpc) is 3.21. The van der Waals surface area contributed by atoms with Crippen molar-refractivity contribution in [2.75, 3.05) is 32.4 Å². The molecule has 1 fully saturated rings. The maximum atomic E-state index is 13.7. The molecule has 5 atom stereocenters. The number of amides is 2. The van der Waals surface area contributed by atoms with Crippen LogP contribution in [0.3, 0.4) is 0 Å². The molecule has 44 heavy (non-hydrogen) atoms. The van der Waals surface area contributed by atoms with E-state index in [4.69, 9.17) is 11.6 Å². The summed E-state index contributed by atoms with van der Waals surface area (Å²) in [6.07, 6.45) is -0.241. The third-order valence-electron chi connectivity index (χ3n) is 8.05. The Morgan fingerprint density at radius 2 is 1.82 bits per heavy atom. The SMILES string of the molecule is CC(C)(C)NC(=O)[C@@H]1CN(S(C)(=O)=O)CCN1C[C@@H](O)C[C@@H](Cc1ccc(F)cc1)C(=O)N[C@H]1c2cc(Cl)ccc2C[C@H]1O. The third kappa shape index (κ3) is 8.98. The van der Waals surface area contributed by atoms with Gasteiger partial charge in [0.25, 0.3) is 0 Å². The molecule has 2 aromatic rings. The van der Waals surface area contributed by atoms with Crippen molar-refractivity contribution in [3.05, 3.63) is 70.0 Å². The molecular weight excluding hydrogens is 611 g/mol. The lowest BCUT2D eigenvalue weighted by Gasteiger charge is -2.41. The maximum Gasteiger partial charge on any atom is 0.239 e. The number of β-amino-alcohol motifs (C(OH)–C–C–N with tert-alkyl or cyclic N) is 1. The number of rotatable bonds is 10. The summed E-state index contributed by atoms with van der Waals surface area (Å²) in [5.41, 5.74) is 1.75. The fourth-order valence-electron chi connectivity index (χ4n) is 5.92. The Labute approximate surface area is 263 Å². The van der Waals surface area contributed by atoms with Crippen LogP contribution in [0.1, 0.15) is 49.9 Å². The van der Waals surface area contributed by atoms with Crippen molar-refractivity contribution in [1.29, 1.82) is 0 Å². The average molecular weight is 653 g/mol. The fraction of sp³-hybridized carbons (Fsp3) is 0.548. The normalized spacial score (nSPS) is 22.7. The van der Waals surface area contributed by atoms with E-state index in [1.165, 1.54) is 16.4 Å². The molecular formula is C31H42ClFN4O6S. The summed E-state index contributed by atoms with van der Waals surface area (Å²) >= 11 is 6.19. The van der Waals surface area contributed by atoms with Crippen LogP contribution in [0.5, 0.6) is 0 Å². The van der Waals surface area contributed by atoms with Gasteiger partial charge in [-0.2, -0.15) is 4.31 Å². The topological polar surface area (TPSA) is 139 Å². The van der Waals surface area contributed by atoms with Crippen LogP contribution in [-0.4, -0.2) is 95.9 Å². The lowest BCUT2D eigenvalue weighted by molar-refractivity contribution is -0.131. The summed E-state index contributed by atoms with van der Waals surface area (Å²) in [5.74, 6) is -1.92. The van der Waals surface area contributed by atoms with Crippen LogP contribution < -0.4 is 10.6 Å². The minimum Gasteiger partial charge on any atom is -0.392 e. The zero-order valence-electron chi connectivity index (χ0n) is 25.5. The van der Waals surface area contributed by atoms with Crippen molar-refractivity contribution in [2.45, 2.75) is 69.9 Å². The van der Waals surface area contributed by atoms with E-state index in [0.717, 1.165) is 17.4 Å². The van der Waals surface area contributed by atoms with Crippen molar-refractivity contribution >= 4 is 33.4 Å². The van der Waals surface area contributed by atoms with Crippen molar-refractivity contribution in [3.8, 4) is 0 Å². The summed E-state index contributed by atoms with van der Waals surface area (Å²) in [6.45, 7) is 5.82. The third-order valence-corrected chi connectivity index (χ3v) is 9.55. The number of halogens is 2. The lowest BCUT2D eigenvalue weighted by atomic mass is 9.91. The largest absolute Gasteiger partial charge is 0.392 e. The molecule has 2 amide bonds. The van der Waals surface area contributed by atoms with Gasteiger partial charge in [-0.1, -0.05) is 29.8 Å². The lowest BCUT2D eigenvalue weighted by Crippen LogP contribution is -2.62. The zero-order chi connectivity index (χ0) is 32.4. The second-order valence-corrected chi connectivity index (χ2v) is 15.3. The summed E-state index contributed by atoms with van der Waals surface area (Å²) in [6, 6.07) is 9.53. The van der Waals surface area contributed by atoms with E-state index < -0.39 is 57.5 Å². The Hall–Kier alpha value is -2.61. The Kier molecular flexibility index (Phi) is 10.7. The molecule has 13 heteroatoms. The highest BCUT2D eigenvalue weighted by Crippen LogP contribution is 2.34. The molecule has 2 aliphatic rings. The van der Waals surface area contributed by atoms with Gasteiger partial charge in [0, 0.05) is 49.1 Å². The maximum absolute atomic E-state index is 13.7. The number of nitrogens with zero attached hydrogens (tertiary/aromatic N) is 2. The molecule has 0 unspecified atom stereocenters. The molecule has 1 aliphatic heterocycles. The van der Waals surface area contributed by atoms with E-state index in [2.05, 4.69) is 10.6 Å². The smallest absolute Gasteiger partial charge is 0.239 e. The first kappa shape index (κ1) is 34.3. The van der Waals surface area contributed by atoms with Gasteiger partial charge in [0.05, 0.1) is 24.5 Å². The number of fused-ring (bicyclic) bond motifs is 1. The van der Waals surface area contributed by atoms with Gasteiger partial charge < -0.3 is 20.8 Å². The second-order valence-electron chi connectivity index (χ2n) is 12.9. The second kappa shape index (κ2) is 13.8. The number of hydrogen-bond donors (Lipinski definition) is 4. The Bertz CT molecular complexity index is 1450. The molecule has 0 aromatic heterocycles. The van der Waals surface area contributed by atoms with Crippen LogP contribution in [-0.2, 0) is 32.5 Å². The van der Waals surface area contributed by atoms with Crippen molar-refractivity contribution in [3.63, 3.8) is 0 Å². The number of sulfonamides is 1.